The summed E-state index contributed by atoms with van der Waals surface area (Å²) < 4.78 is 101. The number of urea groups is 1. The third kappa shape index (κ3) is 19.2. The molecular formula is C37H54F5N5O11. The van der Waals surface area contributed by atoms with E-state index in [1.165, 1.54) is 0 Å². The van der Waals surface area contributed by atoms with Crippen LogP contribution in [0.1, 0.15) is 65.2 Å². The summed E-state index contributed by atoms with van der Waals surface area (Å²) in [6.45, 7) is 5.18. The van der Waals surface area contributed by atoms with E-state index < -0.39 is 82.7 Å². The highest BCUT2D eigenvalue weighted by molar-refractivity contribution is 5.91. The topological polar surface area (TPSA) is 215 Å². The second-order valence-electron chi connectivity index (χ2n) is 13.2. The molecule has 2 rings (SSSR count). The Morgan fingerprint density at radius 2 is 1.29 bits per heavy atom. The molecule has 0 aromatic heterocycles. The number of carbonyl (C=O) groups excluding carboxylic acids is 5. The number of allylic oxidation sites excluding steroid dienone is 2. The molecule has 0 radical (unpaired) electrons. The van der Waals surface area contributed by atoms with Gasteiger partial charge >= 0.3 is 18.1 Å². The van der Waals surface area contributed by atoms with Crippen molar-refractivity contribution in [1.29, 1.82) is 0 Å². The molecule has 0 saturated carbocycles. The SMILES string of the molecule is CC(C)[C@H](NC(=O)CCOCCOCCOCCOCCNC(=O)OC1CC/C=C/CCC1)C(=O)N[C@@H](CCCNC(N)=O)C(=O)Oc1c(F)c(F)c(F)c(F)c1F. The lowest BCUT2D eigenvalue weighted by atomic mass is 10.0. The zero-order valence-electron chi connectivity index (χ0n) is 32.6. The number of alkyl carbamates (subject to hydrolysis) is 1. The molecule has 1 unspecified atom stereocenters. The van der Waals surface area contributed by atoms with Gasteiger partial charge in [0.25, 0.3) is 0 Å². The van der Waals surface area contributed by atoms with Crippen molar-refractivity contribution in [3.8, 4) is 5.75 Å². The van der Waals surface area contributed by atoms with E-state index in [0.29, 0.717) is 33.0 Å². The fourth-order valence-electron chi connectivity index (χ4n) is 5.24. The van der Waals surface area contributed by atoms with E-state index in [0.717, 1.165) is 32.1 Å². The molecule has 3 atom stereocenters. The van der Waals surface area contributed by atoms with Gasteiger partial charge < -0.3 is 55.4 Å². The standard InChI is InChI=1S/C37H54F5N5O11/c1-23(2)32(34(49)46-25(11-8-13-44-36(43)51)35(50)58-33-30(41)28(39)27(38)29(40)31(33)42)47-26(48)12-15-53-17-19-55-21-22-56-20-18-54-16-14-45-37(52)57-24-9-6-4-3-5-7-10-24/h3-4,23-25,32H,5-22H2,1-2H3,(H,45,52)(H,46,49)(H,47,48)(H3,43,44,51)/b4-3+/t24?,25-,32-/m0/s1. The van der Waals surface area contributed by atoms with E-state index >= 15 is 0 Å². The van der Waals surface area contributed by atoms with Gasteiger partial charge in [-0.15, -0.1) is 0 Å². The fraction of sp³-hybridized carbons (Fsp3) is 0.649. The molecule has 1 aliphatic rings. The first-order valence-electron chi connectivity index (χ1n) is 19.0. The van der Waals surface area contributed by atoms with Gasteiger partial charge in [-0.1, -0.05) is 26.0 Å². The molecule has 0 fully saturated rings. The highest BCUT2D eigenvalue weighted by Gasteiger charge is 2.33. The van der Waals surface area contributed by atoms with Crippen LogP contribution in [0.5, 0.6) is 5.75 Å². The molecular weight excluding hydrogens is 785 g/mol. The number of primary amides is 1. The number of benzene rings is 1. The monoisotopic (exact) mass is 839 g/mol. The van der Waals surface area contributed by atoms with E-state index in [1.54, 1.807) is 13.8 Å². The molecule has 0 bridgehead atoms. The molecule has 0 spiro atoms. The number of hydrogen-bond acceptors (Lipinski definition) is 11. The fourth-order valence-corrected chi connectivity index (χ4v) is 5.24. The average molecular weight is 840 g/mol. The lowest BCUT2D eigenvalue weighted by Gasteiger charge is -2.25. The van der Waals surface area contributed by atoms with E-state index in [9.17, 15) is 45.9 Å². The van der Waals surface area contributed by atoms with Crippen molar-refractivity contribution >= 4 is 29.9 Å². The summed E-state index contributed by atoms with van der Waals surface area (Å²) in [6, 6.07) is -3.87. The number of nitrogens with two attached hydrogens (primary N) is 1. The summed E-state index contributed by atoms with van der Waals surface area (Å²) in [6.07, 6.45) is 7.72. The largest absolute Gasteiger partial charge is 0.446 e. The number of nitrogens with one attached hydrogen (secondary N) is 4. The van der Waals surface area contributed by atoms with Gasteiger partial charge in [0.1, 0.15) is 18.2 Å². The summed E-state index contributed by atoms with van der Waals surface area (Å²) in [5.41, 5.74) is 5.00. The Morgan fingerprint density at radius 1 is 0.724 bits per heavy atom. The van der Waals surface area contributed by atoms with Crippen molar-refractivity contribution in [2.75, 3.05) is 65.9 Å². The maximum Gasteiger partial charge on any atom is 0.407 e. The third-order valence-corrected chi connectivity index (χ3v) is 8.31. The smallest absolute Gasteiger partial charge is 0.407 e. The Labute approximate surface area is 333 Å². The minimum atomic E-state index is -2.47. The van der Waals surface area contributed by atoms with Crippen LogP contribution in [0, 0.1) is 35.0 Å². The molecule has 1 aromatic rings. The van der Waals surface area contributed by atoms with Crippen molar-refractivity contribution in [3.63, 3.8) is 0 Å². The highest BCUT2D eigenvalue weighted by Crippen LogP contribution is 2.29. The minimum absolute atomic E-state index is 0.0377. The van der Waals surface area contributed by atoms with Gasteiger partial charge in [0, 0.05) is 19.5 Å². The summed E-state index contributed by atoms with van der Waals surface area (Å²) in [5, 5.41) is 9.67. The zero-order chi connectivity index (χ0) is 42.9. The first-order chi connectivity index (χ1) is 27.7. The summed E-state index contributed by atoms with van der Waals surface area (Å²) >= 11 is 0. The molecule has 328 valence electrons. The summed E-state index contributed by atoms with van der Waals surface area (Å²) in [5.74, 6) is -17.5. The zero-order valence-corrected chi connectivity index (χ0v) is 32.6. The van der Waals surface area contributed by atoms with E-state index in [4.69, 9.17) is 29.4 Å². The third-order valence-electron chi connectivity index (χ3n) is 8.31. The predicted octanol–water partition coefficient (Wildman–Crippen LogP) is 3.43. The quantitative estimate of drug-likeness (QED) is 0.0173. The van der Waals surface area contributed by atoms with E-state index in [1.807, 2.05) is 0 Å². The van der Waals surface area contributed by atoms with Crippen LogP contribution in [0.25, 0.3) is 0 Å². The van der Waals surface area contributed by atoms with Crippen LogP contribution in [0.4, 0.5) is 31.5 Å². The van der Waals surface area contributed by atoms with Crippen molar-refractivity contribution in [1.82, 2.24) is 21.3 Å². The van der Waals surface area contributed by atoms with Crippen LogP contribution in [0.3, 0.4) is 0 Å². The molecule has 1 aliphatic carbocycles. The Hall–Kier alpha value is -4.60. The molecule has 6 N–H and O–H groups in total. The Bertz CT molecular complexity index is 1480. The molecule has 16 nitrogen and oxygen atoms in total. The van der Waals surface area contributed by atoms with Crippen molar-refractivity contribution < 1.29 is 74.3 Å². The van der Waals surface area contributed by atoms with Gasteiger partial charge in [-0.3, -0.25) is 9.59 Å². The Morgan fingerprint density at radius 3 is 1.90 bits per heavy atom. The predicted molar refractivity (Wildman–Crippen MR) is 196 cm³/mol. The Kier molecular flexibility index (Phi) is 23.9. The number of rotatable bonds is 26. The second kappa shape index (κ2) is 27.9. The first-order valence-corrected chi connectivity index (χ1v) is 19.0. The van der Waals surface area contributed by atoms with E-state index in [2.05, 4.69) is 38.2 Å². The maximum atomic E-state index is 14.2. The van der Waals surface area contributed by atoms with E-state index in [-0.39, 0.29) is 58.3 Å². The van der Waals surface area contributed by atoms with Crippen LogP contribution in [0.15, 0.2) is 12.2 Å². The number of amides is 5. The maximum absolute atomic E-state index is 14.2. The van der Waals surface area contributed by atoms with Gasteiger partial charge in [0.2, 0.25) is 46.6 Å². The minimum Gasteiger partial charge on any atom is -0.446 e. The molecule has 0 heterocycles. The van der Waals surface area contributed by atoms with Gasteiger partial charge in [0.05, 0.1) is 52.9 Å². The molecule has 5 amide bonds. The van der Waals surface area contributed by atoms with Gasteiger partial charge in [-0.25, -0.2) is 27.6 Å². The average Bonchev–Trinajstić information content (AvgIpc) is 3.17. The Balaban J connectivity index is 1.65. The van der Waals surface area contributed by atoms with Crippen molar-refractivity contribution in [2.24, 2.45) is 11.7 Å². The van der Waals surface area contributed by atoms with Crippen molar-refractivity contribution in [2.45, 2.75) is 83.4 Å². The van der Waals surface area contributed by atoms with Crippen LogP contribution >= 0.6 is 0 Å². The number of esters is 1. The molecule has 0 saturated heterocycles. The van der Waals surface area contributed by atoms with Gasteiger partial charge in [-0.05, 0) is 50.9 Å². The normalized spacial score (nSPS) is 15.7. The lowest BCUT2D eigenvalue weighted by molar-refractivity contribution is -0.141. The van der Waals surface area contributed by atoms with Crippen LogP contribution < -0.4 is 31.7 Å². The number of hydrogen-bond donors (Lipinski definition) is 5. The number of halogens is 5. The van der Waals surface area contributed by atoms with Crippen LogP contribution in [0.2, 0.25) is 0 Å². The molecule has 0 aliphatic heterocycles. The molecule has 1 aromatic carbocycles. The van der Waals surface area contributed by atoms with Crippen molar-refractivity contribution in [3.05, 3.63) is 41.2 Å². The van der Waals surface area contributed by atoms with Crippen LogP contribution in [-0.2, 0) is 38.1 Å². The summed E-state index contributed by atoms with van der Waals surface area (Å²) in [4.78, 5) is 61.6. The molecule has 21 heteroatoms. The van der Waals surface area contributed by atoms with Gasteiger partial charge in [0.15, 0.2) is 0 Å². The molecule has 58 heavy (non-hydrogen) atoms. The van der Waals surface area contributed by atoms with Crippen LogP contribution in [-0.4, -0.2) is 114 Å². The second-order valence-corrected chi connectivity index (χ2v) is 13.2. The lowest BCUT2D eigenvalue weighted by Crippen LogP contribution is -2.54. The number of ether oxygens (including phenoxy) is 6. The first kappa shape index (κ1) is 49.5. The van der Waals surface area contributed by atoms with Gasteiger partial charge in [-0.2, -0.15) is 8.78 Å². The highest BCUT2D eigenvalue weighted by atomic mass is 19.2. The number of carbonyl (C=O) groups is 5. The summed E-state index contributed by atoms with van der Waals surface area (Å²) in [7, 11) is 0.